The lowest BCUT2D eigenvalue weighted by molar-refractivity contribution is -0.132. The van der Waals surface area contributed by atoms with Crippen LogP contribution in [0.15, 0.2) is 6.33 Å². The summed E-state index contributed by atoms with van der Waals surface area (Å²) in [5, 5.41) is 9.87. The molecule has 2 amide bonds. The van der Waals surface area contributed by atoms with Crippen LogP contribution in [0, 0.1) is 0 Å². The number of anilines is 1. The molecule has 0 radical (unpaired) electrons. The first-order valence-electron chi connectivity index (χ1n) is 8.53. The summed E-state index contributed by atoms with van der Waals surface area (Å²) >= 11 is 0. The summed E-state index contributed by atoms with van der Waals surface area (Å²) in [7, 11) is 0. The number of aromatic nitrogens is 3. The zero-order valence-electron chi connectivity index (χ0n) is 13.7. The van der Waals surface area contributed by atoms with Crippen molar-refractivity contribution in [3.63, 3.8) is 0 Å². The van der Waals surface area contributed by atoms with E-state index in [1.807, 2.05) is 4.90 Å². The van der Waals surface area contributed by atoms with Crippen molar-refractivity contribution >= 4 is 17.8 Å². The summed E-state index contributed by atoms with van der Waals surface area (Å²) in [6.07, 6.45) is 5.40. The smallest absolute Gasteiger partial charge is 0.257 e. The first-order chi connectivity index (χ1) is 11.7. The first-order valence-corrected chi connectivity index (χ1v) is 8.53. The lowest BCUT2D eigenvalue weighted by atomic mass is 10.2. The number of hydrogen-bond donors (Lipinski definition) is 2. The van der Waals surface area contributed by atoms with E-state index in [-0.39, 0.29) is 24.3 Å². The van der Waals surface area contributed by atoms with Gasteiger partial charge in [0.2, 0.25) is 11.9 Å². The maximum absolute atomic E-state index is 12.3. The molecule has 132 valence electrons. The summed E-state index contributed by atoms with van der Waals surface area (Å²) in [4.78, 5) is 30.3. The van der Waals surface area contributed by atoms with Gasteiger partial charge >= 0.3 is 0 Å². The van der Waals surface area contributed by atoms with Crippen LogP contribution >= 0.6 is 0 Å². The van der Waals surface area contributed by atoms with E-state index in [1.54, 1.807) is 0 Å². The molecule has 0 aromatic carbocycles. The zero-order chi connectivity index (χ0) is 16.8. The summed E-state index contributed by atoms with van der Waals surface area (Å²) in [5.74, 6) is -0.0453. The third-order valence-electron chi connectivity index (χ3n) is 4.25. The molecule has 1 aromatic rings. The van der Waals surface area contributed by atoms with Gasteiger partial charge in [-0.2, -0.15) is 0 Å². The van der Waals surface area contributed by atoms with E-state index in [2.05, 4.69) is 20.7 Å². The molecule has 0 saturated carbocycles. The van der Waals surface area contributed by atoms with Crippen LogP contribution in [0.25, 0.3) is 0 Å². The van der Waals surface area contributed by atoms with Crippen LogP contribution in [-0.4, -0.2) is 70.4 Å². The molecule has 9 nitrogen and oxygen atoms in total. The van der Waals surface area contributed by atoms with Crippen molar-refractivity contribution in [1.29, 1.82) is 0 Å². The number of nitrogens with one attached hydrogen (secondary N) is 2. The number of amides is 2. The first kappa shape index (κ1) is 16.8. The Bertz CT molecular complexity index is 561. The SMILES string of the molecule is O=C(Nc1ncn(CC(=O)N2CCCCCC2)n1)[C@H]1CNCCO1. The van der Waals surface area contributed by atoms with Gasteiger partial charge in [0.05, 0.1) is 6.61 Å². The van der Waals surface area contributed by atoms with Gasteiger partial charge in [0, 0.05) is 26.2 Å². The standard InChI is InChI=1S/C15H24N6O3/c22-13(20-6-3-1-2-4-7-20)10-21-11-17-15(19-21)18-14(23)12-9-16-5-8-24-12/h11-12,16H,1-10H2,(H,18,19,23)/t12-/m1/s1. The maximum Gasteiger partial charge on any atom is 0.257 e. The highest BCUT2D eigenvalue weighted by molar-refractivity contribution is 5.92. The second-order valence-electron chi connectivity index (χ2n) is 6.11. The molecule has 2 N–H and O–H groups in total. The van der Waals surface area contributed by atoms with Crippen molar-refractivity contribution < 1.29 is 14.3 Å². The molecule has 0 bridgehead atoms. The quantitative estimate of drug-likeness (QED) is 0.776. The van der Waals surface area contributed by atoms with Crippen LogP contribution in [0.5, 0.6) is 0 Å². The summed E-state index contributed by atoms with van der Waals surface area (Å²) in [5.41, 5.74) is 0. The Balaban J connectivity index is 1.51. The van der Waals surface area contributed by atoms with Gasteiger partial charge < -0.3 is 15.0 Å². The molecule has 9 heteroatoms. The van der Waals surface area contributed by atoms with E-state index >= 15 is 0 Å². The molecule has 2 aliphatic heterocycles. The fourth-order valence-electron chi connectivity index (χ4n) is 2.91. The van der Waals surface area contributed by atoms with Crippen LogP contribution in [0.1, 0.15) is 25.7 Å². The van der Waals surface area contributed by atoms with Gasteiger partial charge in [0.1, 0.15) is 19.0 Å². The summed E-state index contributed by atoms with van der Waals surface area (Å²) < 4.78 is 6.84. The topological polar surface area (TPSA) is 101 Å². The third kappa shape index (κ3) is 4.51. The molecule has 1 aromatic heterocycles. The second kappa shape index (κ2) is 8.20. The minimum atomic E-state index is -0.538. The van der Waals surface area contributed by atoms with E-state index in [1.165, 1.54) is 23.9 Å². The van der Waals surface area contributed by atoms with Crippen molar-refractivity contribution in [3.8, 4) is 0 Å². The van der Waals surface area contributed by atoms with Gasteiger partial charge in [0.15, 0.2) is 0 Å². The van der Waals surface area contributed by atoms with Crippen molar-refractivity contribution in [3.05, 3.63) is 6.33 Å². The zero-order valence-corrected chi connectivity index (χ0v) is 13.7. The number of nitrogens with zero attached hydrogens (tertiary/aromatic N) is 4. The van der Waals surface area contributed by atoms with Crippen molar-refractivity contribution in [1.82, 2.24) is 25.0 Å². The van der Waals surface area contributed by atoms with Gasteiger partial charge in [-0.1, -0.05) is 12.8 Å². The molecule has 2 saturated heterocycles. The summed E-state index contributed by atoms with van der Waals surface area (Å²) in [6.45, 7) is 3.48. The van der Waals surface area contributed by atoms with Gasteiger partial charge in [-0.15, -0.1) is 5.10 Å². The molecule has 0 unspecified atom stereocenters. The van der Waals surface area contributed by atoms with E-state index in [4.69, 9.17) is 4.74 Å². The Hall–Kier alpha value is -2.00. The van der Waals surface area contributed by atoms with Gasteiger partial charge in [-0.3, -0.25) is 14.9 Å². The van der Waals surface area contributed by atoms with Crippen molar-refractivity contribution in [2.45, 2.75) is 38.3 Å². The number of carbonyl (C=O) groups excluding carboxylic acids is 2. The van der Waals surface area contributed by atoms with Gasteiger partial charge in [-0.05, 0) is 12.8 Å². The average Bonchev–Trinajstić information content (AvgIpc) is 2.86. The number of rotatable bonds is 4. The Morgan fingerprint density at radius 3 is 2.79 bits per heavy atom. The largest absolute Gasteiger partial charge is 0.366 e. The highest BCUT2D eigenvalue weighted by Gasteiger charge is 2.23. The third-order valence-corrected chi connectivity index (χ3v) is 4.25. The molecule has 3 rings (SSSR count). The Labute approximate surface area is 140 Å². The van der Waals surface area contributed by atoms with Crippen molar-refractivity contribution in [2.75, 3.05) is 38.1 Å². The number of morpholine rings is 1. The maximum atomic E-state index is 12.3. The van der Waals surface area contributed by atoms with Gasteiger partial charge in [-0.25, -0.2) is 9.67 Å². The van der Waals surface area contributed by atoms with E-state index in [9.17, 15) is 9.59 Å². The molecule has 2 fully saturated rings. The minimum Gasteiger partial charge on any atom is -0.366 e. The average molecular weight is 336 g/mol. The van der Waals surface area contributed by atoms with Crippen LogP contribution in [0.2, 0.25) is 0 Å². The fraction of sp³-hybridized carbons (Fsp3) is 0.733. The monoisotopic (exact) mass is 336 g/mol. The minimum absolute atomic E-state index is 0.0412. The molecular weight excluding hydrogens is 312 g/mol. The fourth-order valence-corrected chi connectivity index (χ4v) is 2.91. The number of hydrogen-bond acceptors (Lipinski definition) is 6. The lowest BCUT2D eigenvalue weighted by Gasteiger charge is -2.21. The molecule has 24 heavy (non-hydrogen) atoms. The summed E-state index contributed by atoms with van der Waals surface area (Å²) in [6, 6.07) is 0. The normalized spacial score (nSPS) is 22.0. The number of likely N-dealkylation sites (tertiary alicyclic amines) is 1. The van der Waals surface area contributed by atoms with E-state index < -0.39 is 6.10 Å². The molecular formula is C15H24N6O3. The molecule has 0 spiro atoms. The van der Waals surface area contributed by atoms with Crippen molar-refractivity contribution in [2.24, 2.45) is 0 Å². The molecule has 0 aliphatic carbocycles. The Morgan fingerprint density at radius 2 is 2.08 bits per heavy atom. The van der Waals surface area contributed by atoms with Gasteiger partial charge in [0.25, 0.3) is 5.91 Å². The highest BCUT2D eigenvalue weighted by Crippen LogP contribution is 2.10. The molecule has 2 aliphatic rings. The van der Waals surface area contributed by atoms with E-state index in [0.29, 0.717) is 13.2 Å². The predicted molar refractivity (Wildman–Crippen MR) is 86.3 cm³/mol. The van der Waals surface area contributed by atoms with Crippen LogP contribution in [0.3, 0.4) is 0 Å². The Morgan fingerprint density at radius 1 is 1.29 bits per heavy atom. The number of carbonyl (C=O) groups is 2. The molecule has 1 atom stereocenters. The molecule has 3 heterocycles. The highest BCUT2D eigenvalue weighted by atomic mass is 16.5. The lowest BCUT2D eigenvalue weighted by Crippen LogP contribution is -2.45. The van der Waals surface area contributed by atoms with E-state index in [0.717, 1.165) is 32.5 Å². The second-order valence-corrected chi connectivity index (χ2v) is 6.11. The predicted octanol–water partition coefficient (Wildman–Crippen LogP) is -0.392. The number of ether oxygens (including phenoxy) is 1. The Kier molecular flexibility index (Phi) is 5.76. The van der Waals surface area contributed by atoms with Crippen LogP contribution < -0.4 is 10.6 Å². The van der Waals surface area contributed by atoms with Crippen LogP contribution in [0.4, 0.5) is 5.95 Å². The van der Waals surface area contributed by atoms with Crippen LogP contribution in [-0.2, 0) is 20.9 Å².